The van der Waals surface area contributed by atoms with Crippen molar-refractivity contribution in [2.24, 2.45) is 0 Å². The summed E-state index contributed by atoms with van der Waals surface area (Å²) in [5.41, 5.74) is 5.41. The number of hydrogen-bond donors (Lipinski definition) is 4. The maximum atomic E-state index is 12.4. The number of alkyl carbamates (subject to hydrolysis) is 1. The van der Waals surface area contributed by atoms with Crippen LogP contribution in [0.5, 0.6) is 0 Å². The van der Waals surface area contributed by atoms with Gasteiger partial charge in [0.2, 0.25) is 5.91 Å². The standard InChI is InChI=1S/C26H26N4O5/c1-16(24(31)30-23(25(32)33)12-17-13-27-15-29-17)10-11-28-26(34)35-14-22-20-8-4-2-6-18(20)19-7-3-5-9-21(19)22/h2-10,13,15,22-23H,11-12,14H2,1H3,(H,27,29)(H,28,34)(H,30,31)(H,32,33)/b16-10+. The molecule has 2 aromatic carbocycles. The summed E-state index contributed by atoms with van der Waals surface area (Å²) < 4.78 is 5.47. The van der Waals surface area contributed by atoms with E-state index in [1.54, 1.807) is 6.92 Å². The zero-order chi connectivity index (χ0) is 24.8. The smallest absolute Gasteiger partial charge is 0.407 e. The number of carbonyl (C=O) groups is 3. The minimum Gasteiger partial charge on any atom is -0.480 e. The number of carboxylic acids is 1. The molecule has 0 saturated carbocycles. The van der Waals surface area contributed by atoms with Gasteiger partial charge in [0, 0.05) is 36.3 Å². The van der Waals surface area contributed by atoms with E-state index in [1.165, 1.54) is 18.6 Å². The molecule has 1 atom stereocenters. The third-order valence-electron chi connectivity index (χ3n) is 5.94. The molecule has 4 N–H and O–H groups in total. The van der Waals surface area contributed by atoms with Gasteiger partial charge in [-0.2, -0.15) is 0 Å². The lowest BCUT2D eigenvalue weighted by Gasteiger charge is -2.15. The summed E-state index contributed by atoms with van der Waals surface area (Å²) in [6.45, 7) is 1.80. The maximum absolute atomic E-state index is 12.4. The molecule has 35 heavy (non-hydrogen) atoms. The molecule has 2 amide bonds. The lowest BCUT2D eigenvalue weighted by atomic mass is 9.98. The van der Waals surface area contributed by atoms with Gasteiger partial charge in [-0.1, -0.05) is 54.6 Å². The molecule has 9 nitrogen and oxygen atoms in total. The number of amides is 2. The van der Waals surface area contributed by atoms with Crippen molar-refractivity contribution in [3.8, 4) is 11.1 Å². The first-order chi connectivity index (χ1) is 16.9. The Morgan fingerprint density at radius 2 is 1.77 bits per heavy atom. The Bertz CT molecular complexity index is 1210. The number of aromatic amines is 1. The molecule has 0 saturated heterocycles. The second-order valence-electron chi connectivity index (χ2n) is 8.24. The van der Waals surface area contributed by atoms with Gasteiger partial charge in [-0.15, -0.1) is 0 Å². The molecule has 4 rings (SSSR count). The summed E-state index contributed by atoms with van der Waals surface area (Å²) in [6.07, 6.45) is 3.93. The van der Waals surface area contributed by atoms with E-state index in [1.807, 2.05) is 36.4 Å². The van der Waals surface area contributed by atoms with E-state index >= 15 is 0 Å². The first kappa shape index (κ1) is 23.7. The first-order valence-corrected chi connectivity index (χ1v) is 11.2. The highest BCUT2D eigenvalue weighted by Crippen LogP contribution is 2.44. The summed E-state index contributed by atoms with van der Waals surface area (Å²) in [6, 6.07) is 15.0. The fraction of sp³-hybridized carbons (Fsp3) is 0.231. The second kappa shape index (κ2) is 10.7. The normalized spacial score (nSPS) is 13.5. The van der Waals surface area contributed by atoms with E-state index in [-0.39, 0.29) is 31.1 Å². The van der Waals surface area contributed by atoms with Crippen LogP contribution in [0.2, 0.25) is 0 Å². The van der Waals surface area contributed by atoms with Crippen molar-refractivity contribution in [2.45, 2.75) is 25.3 Å². The van der Waals surface area contributed by atoms with E-state index in [0.717, 1.165) is 22.3 Å². The highest BCUT2D eigenvalue weighted by molar-refractivity contribution is 5.95. The van der Waals surface area contributed by atoms with Crippen LogP contribution < -0.4 is 10.6 Å². The molecular weight excluding hydrogens is 448 g/mol. The summed E-state index contributed by atoms with van der Waals surface area (Å²) in [4.78, 5) is 42.8. The molecule has 1 aliphatic rings. The Hall–Kier alpha value is -4.40. The van der Waals surface area contributed by atoms with Crippen LogP contribution in [0.25, 0.3) is 11.1 Å². The third-order valence-corrected chi connectivity index (χ3v) is 5.94. The minimum atomic E-state index is -1.16. The monoisotopic (exact) mass is 474 g/mol. The van der Waals surface area contributed by atoms with Crippen molar-refractivity contribution in [3.05, 3.63) is 89.5 Å². The number of nitrogens with one attached hydrogen (secondary N) is 3. The second-order valence-corrected chi connectivity index (χ2v) is 8.24. The quantitative estimate of drug-likeness (QED) is 0.352. The van der Waals surface area contributed by atoms with E-state index in [2.05, 4.69) is 32.7 Å². The highest BCUT2D eigenvalue weighted by atomic mass is 16.5. The number of hydrogen-bond acceptors (Lipinski definition) is 5. The molecule has 9 heteroatoms. The average Bonchev–Trinajstić information content (AvgIpc) is 3.48. The molecule has 3 aromatic rings. The molecule has 1 unspecified atom stereocenters. The van der Waals surface area contributed by atoms with Gasteiger partial charge < -0.3 is 25.5 Å². The minimum absolute atomic E-state index is 0.0426. The van der Waals surface area contributed by atoms with E-state index in [0.29, 0.717) is 5.69 Å². The lowest BCUT2D eigenvalue weighted by Crippen LogP contribution is -2.42. The van der Waals surface area contributed by atoms with Gasteiger partial charge in [0.15, 0.2) is 0 Å². The fourth-order valence-electron chi connectivity index (χ4n) is 4.12. The van der Waals surface area contributed by atoms with Crippen molar-refractivity contribution >= 4 is 18.0 Å². The molecule has 1 heterocycles. The number of carboxylic acid groups (broad SMARTS) is 1. The van der Waals surface area contributed by atoms with Gasteiger partial charge in [0.1, 0.15) is 12.6 Å². The molecule has 0 bridgehead atoms. The average molecular weight is 475 g/mol. The number of carbonyl (C=O) groups excluding carboxylic acids is 2. The molecule has 0 spiro atoms. The number of nitrogens with zero attached hydrogens (tertiary/aromatic N) is 1. The number of aliphatic carboxylic acids is 1. The molecule has 180 valence electrons. The SMILES string of the molecule is C/C(=C\CNC(=O)OCC1c2ccccc2-c2ccccc21)C(=O)NC(Cc1cnc[nH]1)C(=O)O. The summed E-state index contributed by atoms with van der Waals surface area (Å²) in [5, 5.41) is 14.5. The van der Waals surface area contributed by atoms with Crippen LogP contribution in [0, 0.1) is 0 Å². The molecule has 1 aromatic heterocycles. The van der Waals surface area contributed by atoms with Crippen LogP contribution in [-0.4, -0.2) is 52.2 Å². The molecular formula is C26H26N4O5. The van der Waals surface area contributed by atoms with E-state index in [4.69, 9.17) is 4.74 Å². The number of fused-ring (bicyclic) bond motifs is 3. The summed E-state index contributed by atoms with van der Waals surface area (Å²) >= 11 is 0. The molecule has 0 radical (unpaired) electrons. The van der Waals surface area contributed by atoms with Crippen molar-refractivity contribution in [1.82, 2.24) is 20.6 Å². The summed E-state index contributed by atoms with van der Waals surface area (Å²) in [7, 11) is 0. The van der Waals surface area contributed by atoms with Gasteiger partial charge in [0.25, 0.3) is 0 Å². The van der Waals surface area contributed by atoms with E-state index in [9.17, 15) is 19.5 Å². The highest BCUT2D eigenvalue weighted by Gasteiger charge is 2.29. The number of ether oxygens (including phenoxy) is 1. The number of imidazole rings is 1. The van der Waals surface area contributed by atoms with Crippen LogP contribution in [-0.2, 0) is 20.7 Å². The third kappa shape index (κ3) is 5.57. The zero-order valence-electron chi connectivity index (χ0n) is 19.2. The Labute approximate surface area is 202 Å². The number of benzene rings is 2. The lowest BCUT2D eigenvalue weighted by molar-refractivity contribution is -0.141. The first-order valence-electron chi connectivity index (χ1n) is 11.2. The number of aromatic nitrogens is 2. The topological polar surface area (TPSA) is 133 Å². The molecule has 0 fully saturated rings. The predicted molar refractivity (Wildman–Crippen MR) is 129 cm³/mol. The van der Waals surface area contributed by atoms with Crippen molar-refractivity contribution in [1.29, 1.82) is 0 Å². The van der Waals surface area contributed by atoms with E-state index < -0.39 is 24.0 Å². The largest absolute Gasteiger partial charge is 0.480 e. The summed E-state index contributed by atoms with van der Waals surface area (Å²) in [5.74, 6) is -1.73. The van der Waals surface area contributed by atoms with Crippen LogP contribution >= 0.6 is 0 Å². The van der Waals surface area contributed by atoms with Gasteiger partial charge in [-0.25, -0.2) is 14.6 Å². The number of H-pyrrole nitrogens is 1. The van der Waals surface area contributed by atoms with Gasteiger partial charge in [0.05, 0.1) is 6.33 Å². The van der Waals surface area contributed by atoms with Crippen molar-refractivity contribution in [2.75, 3.05) is 13.2 Å². The van der Waals surface area contributed by atoms with Crippen LogP contribution in [0.1, 0.15) is 29.7 Å². The van der Waals surface area contributed by atoms with Crippen LogP contribution in [0.15, 0.2) is 72.7 Å². The Morgan fingerprint density at radius 3 is 2.37 bits per heavy atom. The molecule has 0 aliphatic heterocycles. The van der Waals surface area contributed by atoms with Crippen LogP contribution in [0.4, 0.5) is 4.79 Å². The van der Waals surface area contributed by atoms with Gasteiger partial charge in [-0.3, -0.25) is 4.79 Å². The maximum Gasteiger partial charge on any atom is 0.407 e. The predicted octanol–water partition coefficient (Wildman–Crippen LogP) is 3.01. The Balaban J connectivity index is 1.27. The number of rotatable bonds is 9. The zero-order valence-corrected chi connectivity index (χ0v) is 19.2. The molecule has 1 aliphatic carbocycles. The van der Waals surface area contributed by atoms with Crippen molar-refractivity contribution < 1.29 is 24.2 Å². The van der Waals surface area contributed by atoms with Gasteiger partial charge >= 0.3 is 12.1 Å². The fourth-order valence-corrected chi connectivity index (χ4v) is 4.12. The van der Waals surface area contributed by atoms with Crippen LogP contribution in [0.3, 0.4) is 0 Å². The Morgan fingerprint density at radius 1 is 1.11 bits per heavy atom. The van der Waals surface area contributed by atoms with Gasteiger partial charge in [-0.05, 0) is 29.2 Å². The van der Waals surface area contributed by atoms with Crippen molar-refractivity contribution in [3.63, 3.8) is 0 Å². The Kier molecular flexibility index (Phi) is 7.25.